The zero-order chi connectivity index (χ0) is 45.1. The molecular formula is C48H74N8O9. The number of hydrogen-bond acceptors (Lipinski definition) is 11. The highest BCUT2D eigenvalue weighted by atomic mass is 16.6. The number of Topliss-reactive ketones (excluding diaryl/α,β-unsaturated/α-hetero) is 2. The van der Waals surface area contributed by atoms with Gasteiger partial charge in [0.15, 0.2) is 0 Å². The van der Waals surface area contributed by atoms with Crippen molar-refractivity contribution in [1.29, 1.82) is 10.5 Å². The highest BCUT2D eigenvalue weighted by molar-refractivity contribution is 5.97. The average molecular weight is 907 g/mol. The van der Waals surface area contributed by atoms with E-state index < -0.39 is 46.9 Å². The molecule has 5 N–H and O–H groups in total. The Kier molecular flexibility index (Phi) is 16.9. The number of amides is 5. The van der Waals surface area contributed by atoms with Crippen molar-refractivity contribution < 1.29 is 43.8 Å². The molecule has 4 saturated carbocycles. The molecule has 17 nitrogen and oxygen atoms in total. The van der Waals surface area contributed by atoms with Crippen molar-refractivity contribution in [3.8, 4) is 12.1 Å². The molecule has 8 rings (SSSR count). The molecule has 0 aromatic carbocycles. The van der Waals surface area contributed by atoms with Gasteiger partial charge in [-0.05, 0) is 129 Å². The number of nitrogens with one attached hydrogen (secondary N) is 3. The molecule has 4 aliphatic heterocycles. The van der Waals surface area contributed by atoms with E-state index >= 15 is 0 Å². The summed E-state index contributed by atoms with van der Waals surface area (Å²) >= 11 is 0. The molecule has 0 aromatic rings. The normalized spacial score (nSPS) is 29.0. The van der Waals surface area contributed by atoms with Gasteiger partial charge in [-0.15, -0.1) is 0 Å². The molecule has 5 amide bonds. The third kappa shape index (κ3) is 11.9. The summed E-state index contributed by atoms with van der Waals surface area (Å²) in [6.45, 7) is 7.70. The van der Waals surface area contributed by atoms with Crippen LogP contribution < -0.4 is 16.0 Å². The highest BCUT2D eigenvalue weighted by Gasteiger charge is 2.58. The second kappa shape index (κ2) is 21.3. The van der Waals surface area contributed by atoms with E-state index in [4.69, 9.17) is 4.74 Å². The molecule has 4 saturated heterocycles. The van der Waals surface area contributed by atoms with Gasteiger partial charge in [-0.2, -0.15) is 10.5 Å². The minimum Gasteiger partial charge on any atom is -0.444 e. The molecular weight excluding hydrogens is 833 g/mol. The first-order valence-electron chi connectivity index (χ1n) is 23.9. The summed E-state index contributed by atoms with van der Waals surface area (Å²) in [5.74, 6) is 0.235. The van der Waals surface area contributed by atoms with E-state index in [1.807, 2.05) is 0 Å². The predicted molar refractivity (Wildman–Crippen MR) is 239 cm³/mol. The summed E-state index contributed by atoms with van der Waals surface area (Å²) in [6, 6.07) is 1.69. The molecule has 8 aliphatic rings. The number of hydrogen-bond donors (Lipinski definition) is 3. The lowest BCUT2D eigenvalue weighted by Gasteiger charge is -2.36. The van der Waals surface area contributed by atoms with Crippen molar-refractivity contribution >= 4 is 41.3 Å². The van der Waals surface area contributed by atoms with Crippen LogP contribution in [0.3, 0.4) is 0 Å². The van der Waals surface area contributed by atoms with Crippen LogP contribution in [0.5, 0.6) is 0 Å². The van der Waals surface area contributed by atoms with Crippen LogP contribution in [0, 0.1) is 46.3 Å². The molecule has 17 heteroatoms. The van der Waals surface area contributed by atoms with Crippen LogP contribution in [0.2, 0.25) is 0 Å². The van der Waals surface area contributed by atoms with E-state index in [1.54, 1.807) is 35.5 Å². The Balaban J connectivity index is 0.000000242. The molecule has 4 heterocycles. The van der Waals surface area contributed by atoms with Gasteiger partial charge in [0, 0.05) is 44.3 Å². The molecule has 0 radical (unpaired) electrons. The Morgan fingerprint density at radius 2 is 1.22 bits per heavy atom. The first kappa shape index (κ1) is 51.4. The van der Waals surface area contributed by atoms with Crippen molar-refractivity contribution in [3.63, 3.8) is 0 Å². The standard InChI is InChI=1S/C26H38N4O5.C21H30N4O3.CH4.H2O/c1-25(2,3)35-24(34)30-12-5-10-26(30)11-13-29(23(26)33)20(14-17-8-9-17)22(32)28-19(16-27)15-18-6-4-7-21(18)31;22-13-16(12-15-3-1-4-18(15)26)24-19(27)17(11-14-5-6-14)25-10-8-21(20(25)28)7-2-9-23-21;;/h17-20H,4-15H2,1-3H3,(H,28,32);14-17,23H,1-12H2,(H,24,27);1H4;1H2/t18-,19-,20?,26?;15-,16-,17?,21?;;/m00../s1. The third-order valence-electron chi connectivity index (χ3n) is 14.9. The fourth-order valence-electron chi connectivity index (χ4n) is 11.1. The van der Waals surface area contributed by atoms with Crippen LogP contribution in [0.1, 0.15) is 157 Å². The number of nitriles is 2. The molecule has 360 valence electrons. The lowest BCUT2D eigenvalue weighted by atomic mass is 9.94. The Labute approximate surface area is 384 Å². The number of carbonyl (C=O) groups excluding carboxylic acids is 7. The SMILES string of the molecule is C.CC(C)(C)OC(=O)N1CCCC12CCN(C(CC1CC1)C(=O)N[C@H](C#N)C[C@@H]1CCCC1=O)C2=O.N#C[C@H](C[C@@H]1CCCC1=O)NC(=O)C(CC1CC1)N1CCC2(CCCN2)C1=O.O. The number of rotatable bonds is 14. The second-order valence-electron chi connectivity index (χ2n) is 20.7. The monoisotopic (exact) mass is 907 g/mol. The van der Waals surface area contributed by atoms with Crippen molar-refractivity contribution in [1.82, 2.24) is 30.7 Å². The summed E-state index contributed by atoms with van der Waals surface area (Å²) < 4.78 is 5.59. The van der Waals surface area contributed by atoms with Gasteiger partial charge in [-0.3, -0.25) is 33.7 Å². The van der Waals surface area contributed by atoms with Crippen LogP contribution >= 0.6 is 0 Å². The van der Waals surface area contributed by atoms with Crippen molar-refractivity contribution in [2.75, 3.05) is 26.2 Å². The van der Waals surface area contributed by atoms with Crippen molar-refractivity contribution in [3.05, 3.63) is 0 Å². The Morgan fingerprint density at radius 1 is 0.708 bits per heavy atom. The molecule has 4 aliphatic carbocycles. The number of ketones is 2. The van der Waals surface area contributed by atoms with Gasteiger partial charge in [-0.1, -0.05) is 33.1 Å². The van der Waals surface area contributed by atoms with Gasteiger partial charge < -0.3 is 36.0 Å². The van der Waals surface area contributed by atoms with Crippen LogP contribution in [-0.4, -0.2) is 128 Å². The third-order valence-corrected chi connectivity index (χ3v) is 14.9. The van der Waals surface area contributed by atoms with Gasteiger partial charge in [0.1, 0.15) is 46.9 Å². The fraction of sp³-hybridized carbons (Fsp3) is 0.812. The lowest BCUT2D eigenvalue weighted by molar-refractivity contribution is -0.143. The summed E-state index contributed by atoms with van der Waals surface area (Å²) in [6.07, 6.45) is 14.4. The first-order valence-corrected chi connectivity index (χ1v) is 23.9. The van der Waals surface area contributed by atoms with Crippen molar-refractivity contribution in [2.45, 2.75) is 197 Å². The molecule has 0 aromatic heterocycles. The molecule has 4 unspecified atom stereocenters. The maximum atomic E-state index is 13.8. The summed E-state index contributed by atoms with van der Waals surface area (Å²) in [7, 11) is 0. The highest BCUT2D eigenvalue weighted by Crippen LogP contribution is 2.43. The summed E-state index contributed by atoms with van der Waals surface area (Å²) in [5.41, 5.74) is -2.11. The van der Waals surface area contributed by atoms with Crippen LogP contribution in [0.4, 0.5) is 4.79 Å². The molecule has 65 heavy (non-hydrogen) atoms. The number of ether oxygens (including phenoxy) is 1. The smallest absolute Gasteiger partial charge is 0.411 e. The quantitative estimate of drug-likeness (QED) is 0.225. The number of likely N-dealkylation sites (tertiary alicyclic amines) is 3. The van der Waals surface area contributed by atoms with Gasteiger partial charge in [0.2, 0.25) is 23.6 Å². The molecule has 8 atom stereocenters. The zero-order valence-corrected chi connectivity index (χ0v) is 38.1. The zero-order valence-electron chi connectivity index (χ0n) is 38.1. The van der Waals surface area contributed by atoms with E-state index in [0.29, 0.717) is 89.3 Å². The lowest BCUT2D eigenvalue weighted by Crippen LogP contribution is -2.57. The van der Waals surface area contributed by atoms with Crippen LogP contribution in [-0.2, 0) is 33.5 Å². The second-order valence-corrected chi connectivity index (χ2v) is 20.7. The van der Waals surface area contributed by atoms with Crippen LogP contribution in [0.25, 0.3) is 0 Å². The van der Waals surface area contributed by atoms with E-state index in [0.717, 1.165) is 77.2 Å². The van der Waals surface area contributed by atoms with E-state index in [1.165, 1.54) is 0 Å². The summed E-state index contributed by atoms with van der Waals surface area (Å²) in [4.78, 5) is 95.3. The van der Waals surface area contributed by atoms with E-state index in [9.17, 15) is 44.1 Å². The van der Waals surface area contributed by atoms with Gasteiger partial charge in [-0.25, -0.2) is 4.79 Å². The molecule has 0 bridgehead atoms. The summed E-state index contributed by atoms with van der Waals surface area (Å²) in [5, 5.41) is 28.2. The Morgan fingerprint density at radius 3 is 1.65 bits per heavy atom. The Hall–Kier alpha value is -4.61. The van der Waals surface area contributed by atoms with Crippen LogP contribution in [0.15, 0.2) is 0 Å². The van der Waals surface area contributed by atoms with Gasteiger partial charge >= 0.3 is 6.09 Å². The predicted octanol–water partition coefficient (Wildman–Crippen LogP) is 4.01. The Bertz CT molecular complexity index is 1880. The molecule has 8 fully saturated rings. The van der Waals surface area contributed by atoms with Gasteiger partial charge in [0.05, 0.1) is 17.7 Å². The van der Waals surface area contributed by atoms with E-state index in [-0.39, 0.29) is 59.9 Å². The number of nitrogens with zero attached hydrogens (tertiary/aromatic N) is 5. The topological polar surface area (TPSA) is 254 Å². The average Bonchev–Trinajstić information content (AvgIpc) is 3.85. The maximum absolute atomic E-state index is 13.8. The first-order chi connectivity index (χ1) is 30.1. The van der Waals surface area contributed by atoms with E-state index in [2.05, 4.69) is 28.1 Å². The minimum atomic E-state index is -0.963. The number of carbonyl (C=O) groups is 7. The largest absolute Gasteiger partial charge is 0.444 e. The fourth-order valence-corrected chi connectivity index (χ4v) is 11.1. The minimum absolute atomic E-state index is 0. The van der Waals surface area contributed by atoms with Crippen molar-refractivity contribution in [2.24, 2.45) is 23.7 Å². The maximum Gasteiger partial charge on any atom is 0.411 e. The van der Waals surface area contributed by atoms with Gasteiger partial charge in [0.25, 0.3) is 0 Å². The molecule has 2 spiro atoms.